The quantitative estimate of drug-likeness (QED) is 0.312. The summed E-state index contributed by atoms with van der Waals surface area (Å²) in [6.07, 6.45) is 0.307. The van der Waals surface area contributed by atoms with E-state index in [2.05, 4.69) is 29.2 Å². The lowest BCUT2D eigenvalue weighted by molar-refractivity contribution is -0.131. The van der Waals surface area contributed by atoms with Crippen molar-refractivity contribution in [2.45, 2.75) is 13.0 Å². The van der Waals surface area contributed by atoms with E-state index in [-0.39, 0.29) is 5.91 Å². The van der Waals surface area contributed by atoms with Gasteiger partial charge in [0.25, 0.3) is 0 Å². The number of nitrogens with zero attached hydrogens (tertiary/aromatic N) is 4. The van der Waals surface area contributed by atoms with E-state index in [4.69, 9.17) is 10.2 Å². The van der Waals surface area contributed by atoms with Crippen molar-refractivity contribution in [1.82, 2.24) is 14.8 Å². The van der Waals surface area contributed by atoms with Gasteiger partial charge >= 0.3 is 0 Å². The van der Waals surface area contributed by atoms with E-state index < -0.39 is 0 Å². The first kappa shape index (κ1) is 23.8. The third kappa shape index (κ3) is 5.97. The van der Waals surface area contributed by atoms with Crippen LogP contribution in [-0.2, 0) is 17.8 Å². The highest BCUT2D eigenvalue weighted by Crippen LogP contribution is 2.36. The molecule has 2 aromatic carbocycles. The van der Waals surface area contributed by atoms with Gasteiger partial charge in [0.05, 0.1) is 28.6 Å². The molecule has 2 aromatic heterocycles. The highest BCUT2D eigenvalue weighted by molar-refractivity contribution is 7.17. The molecule has 0 unspecified atom stereocenters. The molecule has 0 N–H and O–H groups in total. The minimum Gasteiger partial charge on any atom is -0.337 e. The van der Waals surface area contributed by atoms with Crippen molar-refractivity contribution < 1.29 is 4.79 Å². The molecule has 0 atom stereocenters. The fraction of sp³-hybridized carbons (Fsp3) is 0.222. The Morgan fingerprint density at radius 3 is 2.41 bits per heavy atom. The third-order valence-corrected chi connectivity index (χ3v) is 7.39. The number of aromatic nitrogens is 1. The minimum absolute atomic E-state index is 0.0762. The zero-order chi connectivity index (χ0) is 23.9. The number of rotatable bonds is 9. The van der Waals surface area contributed by atoms with Crippen molar-refractivity contribution in [2.75, 3.05) is 27.2 Å². The maximum Gasteiger partial charge on any atom is 0.228 e. The molecule has 1 amide bonds. The van der Waals surface area contributed by atoms with E-state index >= 15 is 0 Å². The monoisotopic (exact) mass is 486 g/mol. The molecule has 0 aliphatic carbocycles. The average molecular weight is 487 g/mol. The lowest BCUT2D eigenvalue weighted by Gasteiger charge is -2.24. The Bertz CT molecular complexity index is 1260. The number of thiazole rings is 1. The van der Waals surface area contributed by atoms with E-state index in [1.54, 1.807) is 34.8 Å². The molecule has 0 saturated heterocycles. The molecule has 4 aromatic rings. The Hall–Kier alpha value is -3.31. The number of carbonyl (C=O) groups is 1. The standard InChI is InChI=1S/C27H26N4OS2/c1-30(2)14-15-31(19-21-12-10-20(18-28)11-13-21)25(32)17-24-26(23-9-6-16-33-23)29-27(34-24)22-7-4-3-5-8-22/h3-13,16H,14-15,17,19H2,1-2H3. The summed E-state index contributed by atoms with van der Waals surface area (Å²) in [5.41, 5.74) is 3.59. The van der Waals surface area contributed by atoms with Crippen molar-refractivity contribution in [3.8, 4) is 27.2 Å². The summed E-state index contributed by atoms with van der Waals surface area (Å²) in [6.45, 7) is 1.92. The van der Waals surface area contributed by atoms with E-state index in [1.807, 2.05) is 60.8 Å². The summed E-state index contributed by atoms with van der Waals surface area (Å²) in [5.74, 6) is 0.0762. The first-order valence-electron chi connectivity index (χ1n) is 11.0. The number of likely N-dealkylation sites (N-methyl/N-ethyl adjacent to an activating group) is 1. The molecule has 0 radical (unpaired) electrons. The topological polar surface area (TPSA) is 60.2 Å². The number of hydrogen-bond acceptors (Lipinski definition) is 6. The molecule has 172 valence electrons. The molecular formula is C27H26N4OS2. The molecule has 34 heavy (non-hydrogen) atoms. The SMILES string of the molecule is CN(C)CCN(Cc1ccc(C#N)cc1)C(=O)Cc1sc(-c2ccccc2)nc1-c1cccs1. The van der Waals surface area contributed by atoms with Crippen LogP contribution in [0, 0.1) is 11.3 Å². The molecule has 4 rings (SSSR count). The van der Waals surface area contributed by atoms with Gasteiger partial charge in [-0.1, -0.05) is 48.5 Å². The Kier molecular flexibility index (Phi) is 7.86. The predicted molar refractivity (Wildman–Crippen MR) is 140 cm³/mol. The van der Waals surface area contributed by atoms with Gasteiger partial charge in [-0.3, -0.25) is 4.79 Å². The normalized spacial score (nSPS) is 10.9. The van der Waals surface area contributed by atoms with Gasteiger partial charge in [0.2, 0.25) is 5.91 Å². The summed E-state index contributed by atoms with van der Waals surface area (Å²) in [6, 6.07) is 23.8. The minimum atomic E-state index is 0.0762. The fourth-order valence-electron chi connectivity index (χ4n) is 3.55. The lowest BCUT2D eigenvalue weighted by Crippen LogP contribution is -2.37. The van der Waals surface area contributed by atoms with Gasteiger partial charge in [0.15, 0.2) is 0 Å². The first-order valence-corrected chi connectivity index (χ1v) is 12.7. The van der Waals surface area contributed by atoms with Crippen molar-refractivity contribution >= 4 is 28.6 Å². The fourth-order valence-corrected chi connectivity index (χ4v) is 5.43. The van der Waals surface area contributed by atoms with Crippen LogP contribution in [0.4, 0.5) is 0 Å². The predicted octanol–water partition coefficient (Wildman–Crippen LogP) is 5.54. The summed E-state index contributed by atoms with van der Waals surface area (Å²) >= 11 is 3.23. The van der Waals surface area contributed by atoms with Gasteiger partial charge in [0, 0.05) is 30.1 Å². The van der Waals surface area contributed by atoms with Gasteiger partial charge in [-0.2, -0.15) is 5.26 Å². The molecular weight excluding hydrogens is 460 g/mol. The van der Waals surface area contributed by atoms with Gasteiger partial charge < -0.3 is 9.80 Å². The zero-order valence-electron chi connectivity index (χ0n) is 19.3. The van der Waals surface area contributed by atoms with Crippen molar-refractivity contribution in [2.24, 2.45) is 0 Å². The zero-order valence-corrected chi connectivity index (χ0v) is 20.9. The van der Waals surface area contributed by atoms with E-state index in [9.17, 15) is 4.79 Å². The maximum absolute atomic E-state index is 13.6. The smallest absolute Gasteiger partial charge is 0.228 e. The summed E-state index contributed by atoms with van der Waals surface area (Å²) in [5, 5.41) is 12.0. The number of nitriles is 1. The van der Waals surface area contributed by atoms with Gasteiger partial charge in [0.1, 0.15) is 5.01 Å². The van der Waals surface area contributed by atoms with E-state index in [1.165, 1.54) is 0 Å². The number of carbonyl (C=O) groups excluding carboxylic acids is 1. The van der Waals surface area contributed by atoms with Crippen LogP contribution in [0.25, 0.3) is 21.1 Å². The average Bonchev–Trinajstić information content (AvgIpc) is 3.52. The highest BCUT2D eigenvalue weighted by atomic mass is 32.1. The van der Waals surface area contributed by atoms with Crippen LogP contribution in [0.1, 0.15) is 16.0 Å². The summed E-state index contributed by atoms with van der Waals surface area (Å²) in [7, 11) is 4.02. The molecule has 0 spiro atoms. The molecule has 5 nitrogen and oxygen atoms in total. The lowest BCUT2D eigenvalue weighted by atomic mass is 10.1. The maximum atomic E-state index is 13.6. The van der Waals surface area contributed by atoms with Crippen LogP contribution in [0.15, 0.2) is 72.1 Å². The summed E-state index contributed by atoms with van der Waals surface area (Å²) in [4.78, 5) is 24.5. The second-order valence-corrected chi connectivity index (χ2v) is 10.3. The molecule has 0 aliphatic heterocycles. The van der Waals surface area contributed by atoms with Crippen LogP contribution < -0.4 is 0 Å². The Balaban J connectivity index is 1.60. The van der Waals surface area contributed by atoms with Crippen molar-refractivity contribution in [1.29, 1.82) is 5.26 Å². The van der Waals surface area contributed by atoms with Crippen LogP contribution in [0.3, 0.4) is 0 Å². The van der Waals surface area contributed by atoms with Crippen LogP contribution in [0.5, 0.6) is 0 Å². The number of hydrogen-bond donors (Lipinski definition) is 0. The van der Waals surface area contributed by atoms with E-state index in [0.29, 0.717) is 25.1 Å². The van der Waals surface area contributed by atoms with Gasteiger partial charge in [-0.25, -0.2) is 4.98 Å². The first-order chi connectivity index (χ1) is 16.5. The molecule has 0 bridgehead atoms. The second-order valence-electron chi connectivity index (χ2n) is 8.24. The number of amides is 1. The second kappa shape index (κ2) is 11.2. The summed E-state index contributed by atoms with van der Waals surface area (Å²) < 4.78 is 0. The van der Waals surface area contributed by atoms with Crippen molar-refractivity contribution in [3.05, 3.63) is 88.1 Å². The largest absolute Gasteiger partial charge is 0.337 e. The van der Waals surface area contributed by atoms with E-state index in [0.717, 1.165) is 38.1 Å². The van der Waals surface area contributed by atoms with Crippen LogP contribution in [-0.4, -0.2) is 47.9 Å². The molecule has 7 heteroatoms. The van der Waals surface area contributed by atoms with Crippen molar-refractivity contribution in [3.63, 3.8) is 0 Å². The Morgan fingerprint density at radius 1 is 1.00 bits per heavy atom. The van der Waals surface area contributed by atoms with Crippen LogP contribution in [0.2, 0.25) is 0 Å². The number of thiophene rings is 1. The molecule has 0 fully saturated rings. The highest BCUT2D eigenvalue weighted by Gasteiger charge is 2.21. The Morgan fingerprint density at radius 2 is 1.76 bits per heavy atom. The van der Waals surface area contributed by atoms with Gasteiger partial charge in [-0.15, -0.1) is 22.7 Å². The molecule has 2 heterocycles. The van der Waals surface area contributed by atoms with Gasteiger partial charge in [-0.05, 0) is 43.2 Å². The molecule has 0 saturated carbocycles. The Labute approximate surface area is 208 Å². The molecule has 0 aliphatic rings. The number of benzene rings is 2. The third-order valence-electron chi connectivity index (χ3n) is 5.41. The van der Waals surface area contributed by atoms with Crippen LogP contribution >= 0.6 is 22.7 Å².